The van der Waals surface area contributed by atoms with Crippen LogP contribution in [0.15, 0.2) is 4.99 Å². The van der Waals surface area contributed by atoms with E-state index in [0.717, 1.165) is 25.2 Å². The van der Waals surface area contributed by atoms with Gasteiger partial charge in [0.15, 0.2) is 5.96 Å². The molecule has 0 saturated heterocycles. The molecule has 0 atom stereocenters. The van der Waals surface area contributed by atoms with Gasteiger partial charge < -0.3 is 15.1 Å². The molecule has 0 aromatic rings. The number of rotatable bonds is 4. The number of aliphatic imine (C=N–C) groups is 1. The van der Waals surface area contributed by atoms with Gasteiger partial charge in [0.1, 0.15) is 0 Å². The Hall–Kier alpha value is -1.26. The summed E-state index contributed by atoms with van der Waals surface area (Å²) in [4.78, 5) is 20.7. The van der Waals surface area contributed by atoms with Gasteiger partial charge in [0.2, 0.25) is 5.91 Å². The highest BCUT2D eigenvalue weighted by molar-refractivity contribution is 5.85. The molecule has 1 aliphatic rings. The molecule has 0 aromatic heterocycles. The molecule has 0 heterocycles. The summed E-state index contributed by atoms with van der Waals surface area (Å²) in [7, 11) is 7.88. The molecule has 0 aliphatic heterocycles. The number of carbonyl (C=O) groups excluding carboxylic acids is 1. The molecule has 1 fully saturated rings. The van der Waals surface area contributed by atoms with Crippen LogP contribution in [0.3, 0.4) is 0 Å². The van der Waals surface area contributed by atoms with Gasteiger partial charge in [-0.1, -0.05) is 6.42 Å². The Balaban J connectivity index is 2.74. The molecule has 18 heavy (non-hydrogen) atoms. The van der Waals surface area contributed by atoms with E-state index in [1.807, 2.05) is 44.9 Å². The minimum atomic E-state index is -0.257. The Morgan fingerprint density at radius 3 is 2.11 bits per heavy atom. The summed E-state index contributed by atoms with van der Waals surface area (Å²) < 4.78 is 0. The van der Waals surface area contributed by atoms with E-state index >= 15 is 0 Å². The lowest BCUT2D eigenvalue weighted by Gasteiger charge is -2.39. The van der Waals surface area contributed by atoms with Gasteiger partial charge >= 0.3 is 0 Å². The first kappa shape index (κ1) is 14.8. The Morgan fingerprint density at radius 1 is 1.22 bits per heavy atom. The number of hydrogen-bond donors (Lipinski definition) is 1. The van der Waals surface area contributed by atoms with Gasteiger partial charge in [-0.3, -0.25) is 9.79 Å². The third-order valence-electron chi connectivity index (χ3n) is 3.45. The zero-order valence-corrected chi connectivity index (χ0v) is 12.3. The first-order valence-corrected chi connectivity index (χ1v) is 6.60. The van der Waals surface area contributed by atoms with Crippen molar-refractivity contribution in [2.75, 3.05) is 41.3 Å². The van der Waals surface area contributed by atoms with Crippen molar-refractivity contribution in [2.45, 2.75) is 26.2 Å². The zero-order valence-electron chi connectivity index (χ0n) is 12.3. The average Bonchev–Trinajstić information content (AvgIpc) is 2.20. The predicted molar refractivity (Wildman–Crippen MR) is 74.6 cm³/mol. The number of guanidine groups is 1. The third kappa shape index (κ3) is 3.15. The van der Waals surface area contributed by atoms with Crippen molar-refractivity contribution in [3.05, 3.63) is 0 Å². The number of carbonyl (C=O) groups is 1. The molecule has 1 aliphatic carbocycles. The van der Waals surface area contributed by atoms with Crippen molar-refractivity contribution in [2.24, 2.45) is 10.4 Å². The number of hydrogen-bond acceptors (Lipinski definition) is 2. The number of amides is 1. The van der Waals surface area contributed by atoms with Crippen LogP contribution in [-0.2, 0) is 4.79 Å². The second-order valence-electron chi connectivity index (χ2n) is 5.40. The molecule has 0 radical (unpaired) electrons. The zero-order chi connectivity index (χ0) is 13.8. The summed E-state index contributed by atoms with van der Waals surface area (Å²) in [5, 5.41) is 2.94. The van der Waals surface area contributed by atoms with Crippen LogP contribution >= 0.6 is 0 Å². The van der Waals surface area contributed by atoms with Crippen LogP contribution in [0, 0.1) is 5.41 Å². The SMILES string of the molecule is CCNC(=O)C1(CN=C(N(C)C)N(C)C)CCC1. The predicted octanol–water partition coefficient (Wildman–Crippen LogP) is 0.772. The highest BCUT2D eigenvalue weighted by Crippen LogP contribution is 2.41. The van der Waals surface area contributed by atoms with Gasteiger partial charge in [-0.25, -0.2) is 0 Å². The van der Waals surface area contributed by atoms with E-state index in [4.69, 9.17) is 0 Å². The molecule has 1 amide bonds. The average molecular weight is 254 g/mol. The van der Waals surface area contributed by atoms with E-state index in [0.29, 0.717) is 13.1 Å². The lowest BCUT2D eigenvalue weighted by molar-refractivity contribution is -0.135. The topological polar surface area (TPSA) is 47.9 Å². The summed E-state index contributed by atoms with van der Waals surface area (Å²) >= 11 is 0. The molecule has 5 heteroatoms. The molecule has 1 N–H and O–H groups in total. The second-order valence-corrected chi connectivity index (χ2v) is 5.40. The fourth-order valence-corrected chi connectivity index (χ4v) is 2.31. The van der Waals surface area contributed by atoms with Crippen molar-refractivity contribution in [3.63, 3.8) is 0 Å². The van der Waals surface area contributed by atoms with E-state index < -0.39 is 0 Å². The maximum Gasteiger partial charge on any atom is 0.228 e. The standard InChI is InChI=1S/C13H26N4O/c1-6-14-11(18)13(8-7-9-13)10-15-12(16(2)3)17(4)5/h6-10H2,1-5H3,(H,14,18). The van der Waals surface area contributed by atoms with Crippen LogP contribution in [0.2, 0.25) is 0 Å². The van der Waals surface area contributed by atoms with E-state index in [-0.39, 0.29) is 11.3 Å². The highest BCUT2D eigenvalue weighted by atomic mass is 16.2. The highest BCUT2D eigenvalue weighted by Gasteiger charge is 2.43. The fraction of sp³-hybridized carbons (Fsp3) is 0.846. The largest absolute Gasteiger partial charge is 0.356 e. The van der Waals surface area contributed by atoms with Crippen molar-refractivity contribution in [1.82, 2.24) is 15.1 Å². The van der Waals surface area contributed by atoms with Crippen molar-refractivity contribution >= 4 is 11.9 Å². The first-order valence-electron chi connectivity index (χ1n) is 6.60. The summed E-state index contributed by atoms with van der Waals surface area (Å²) in [6, 6.07) is 0. The minimum Gasteiger partial charge on any atom is -0.356 e. The van der Waals surface area contributed by atoms with Crippen LogP contribution in [0.4, 0.5) is 0 Å². The summed E-state index contributed by atoms with van der Waals surface area (Å²) in [6.45, 7) is 3.24. The lowest BCUT2D eigenvalue weighted by atomic mass is 9.68. The van der Waals surface area contributed by atoms with Crippen LogP contribution in [-0.4, -0.2) is 62.9 Å². The third-order valence-corrected chi connectivity index (χ3v) is 3.45. The van der Waals surface area contributed by atoms with E-state index in [1.54, 1.807) is 0 Å². The smallest absolute Gasteiger partial charge is 0.228 e. The van der Waals surface area contributed by atoms with Crippen LogP contribution < -0.4 is 5.32 Å². The molecular formula is C13H26N4O. The summed E-state index contributed by atoms with van der Waals surface area (Å²) in [5.41, 5.74) is -0.257. The minimum absolute atomic E-state index is 0.164. The van der Waals surface area contributed by atoms with Gasteiger partial charge in [0.25, 0.3) is 0 Å². The van der Waals surface area contributed by atoms with Gasteiger partial charge in [-0.2, -0.15) is 0 Å². The Bertz CT molecular complexity index is 309. The second kappa shape index (κ2) is 6.07. The normalized spacial score (nSPS) is 16.5. The van der Waals surface area contributed by atoms with E-state index in [1.165, 1.54) is 0 Å². The molecule has 1 rings (SSSR count). The molecule has 0 aromatic carbocycles. The molecule has 0 spiro atoms. The Labute approximate surface area is 110 Å². The molecule has 1 saturated carbocycles. The molecule has 0 bridgehead atoms. The maximum atomic E-state index is 12.1. The van der Waals surface area contributed by atoms with E-state index in [2.05, 4.69) is 10.3 Å². The molecule has 0 unspecified atom stereocenters. The van der Waals surface area contributed by atoms with Crippen molar-refractivity contribution < 1.29 is 4.79 Å². The van der Waals surface area contributed by atoms with Gasteiger partial charge in [0.05, 0.1) is 12.0 Å². The van der Waals surface area contributed by atoms with Crippen LogP contribution in [0.5, 0.6) is 0 Å². The number of nitrogens with one attached hydrogen (secondary N) is 1. The molecule has 104 valence electrons. The number of nitrogens with zero attached hydrogens (tertiary/aromatic N) is 3. The van der Waals surface area contributed by atoms with Crippen molar-refractivity contribution in [3.8, 4) is 0 Å². The van der Waals surface area contributed by atoms with Crippen molar-refractivity contribution in [1.29, 1.82) is 0 Å². The first-order chi connectivity index (χ1) is 8.43. The van der Waals surface area contributed by atoms with E-state index in [9.17, 15) is 4.79 Å². The Kier molecular flexibility index (Phi) is 4.99. The fourth-order valence-electron chi connectivity index (χ4n) is 2.31. The summed E-state index contributed by atoms with van der Waals surface area (Å²) in [6.07, 6.45) is 3.04. The van der Waals surface area contributed by atoms with Crippen LogP contribution in [0.1, 0.15) is 26.2 Å². The monoisotopic (exact) mass is 254 g/mol. The van der Waals surface area contributed by atoms with Crippen LogP contribution in [0.25, 0.3) is 0 Å². The molecular weight excluding hydrogens is 228 g/mol. The lowest BCUT2D eigenvalue weighted by Crippen LogP contribution is -2.48. The quantitative estimate of drug-likeness (QED) is 0.595. The van der Waals surface area contributed by atoms with Gasteiger partial charge in [-0.05, 0) is 19.8 Å². The Morgan fingerprint density at radius 2 is 1.78 bits per heavy atom. The summed E-state index contributed by atoms with van der Waals surface area (Å²) in [5.74, 6) is 1.07. The van der Waals surface area contributed by atoms with Gasteiger partial charge in [0, 0.05) is 34.7 Å². The van der Waals surface area contributed by atoms with Gasteiger partial charge in [-0.15, -0.1) is 0 Å². The molecule has 5 nitrogen and oxygen atoms in total. The maximum absolute atomic E-state index is 12.1.